The number of methoxy groups -OCH3 is 2. The van der Waals surface area contributed by atoms with Crippen LogP contribution >= 0.6 is 27.5 Å². The number of hydrogen-bond acceptors (Lipinski definition) is 11. The highest BCUT2D eigenvalue weighted by Crippen LogP contribution is 2.35. The van der Waals surface area contributed by atoms with E-state index in [0.29, 0.717) is 39.4 Å². The van der Waals surface area contributed by atoms with Crippen molar-refractivity contribution in [2.24, 2.45) is 5.10 Å². The number of halogens is 2. The van der Waals surface area contributed by atoms with Gasteiger partial charge in [-0.15, -0.1) is 0 Å². The minimum atomic E-state index is -1.20. The molecule has 0 aromatic heterocycles. The summed E-state index contributed by atoms with van der Waals surface area (Å²) in [7, 11) is 2.51. The first-order valence-corrected chi connectivity index (χ1v) is 13.7. The number of urea groups is 1. The van der Waals surface area contributed by atoms with Crippen LogP contribution in [0.5, 0.6) is 17.2 Å². The highest BCUT2D eigenvalue weighted by molar-refractivity contribution is 9.10. The van der Waals surface area contributed by atoms with Gasteiger partial charge in [-0.1, -0.05) is 17.7 Å². The number of nitrogens with zero attached hydrogens (tertiary/aromatic N) is 1. The predicted octanol–water partition coefficient (Wildman–Crippen LogP) is 3.17. The topological polar surface area (TPSA) is 166 Å². The lowest BCUT2D eigenvalue weighted by Gasteiger charge is -2.28. The Bertz CT molecular complexity index is 1360. The number of aliphatic hydroxyl groups is 1. The average molecular weight is 670 g/mol. The number of esters is 2. The lowest BCUT2D eigenvalue weighted by molar-refractivity contribution is -0.143. The number of aliphatic hydroxyl groups excluding tert-OH is 1. The molecule has 226 valence electrons. The van der Waals surface area contributed by atoms with E-state index in [9.17, 15) is 19.5 Å². The second-order valence-electron chi connectivity index (χ2n) is 8.59. The van der Waals surface area contributed by atoms with Crippen molar-refractivity contribution in [3.8, 4) is 17.2 Å². The largest absolute Gasteiger partial charge is 0.490 e. The van der Waals surface area contributed by atoms with Gasteiger partial charge in [0.25, 0.3) is 0 Å². The number of hydrogen-bond donors (Lipinski definition) is 4. The number of amides is 2. The quantitative estimate of drug-likeness (QED) is 0.108. The maximum atomic E-state index is 12.4. The van der Waals surface area contributed by atoms with Crippen LogP contribution in [0.15, 0.2) is 51.2 Å². The molecule has 42 heavy (non-hydrogen) atoms. The third-order valence-corrected chi connectivity index (χ3v) is 6.56. The monoisotopic (exact) mass is 668 g/mol. The molecule has 2 amide bonds. The smallest absolute Gasteiger partial charge is 0.343 e. The molecule has 0 unspecified atom stereocenters. The Morgan fingerprint density at radius 3 is 2.60 bits per heavy atom. The number of rotatable bonds is 13. The maximum Gasteiger partial charge on any atom is 0.343 e. The first-order valence-electron chi connectivity index (χ1n) is 12.5. The Morgan fingerprint density at radius 2 is 1.93 bits per heavy atom. The van der Waals surface area contributed by atoms with E-state index in [-0.39, 0.29) is 29.6 Å². The fourth-order valence-electron chi connectivity index (χ4n) is 3.80. The van der Waals surface area contributed by atoms with E-state index in [1.165, 1.54) is 20.4 Å². The van der Waals surface area contributed by atoms with Crippen molar-refractivity contribution in [2.75, 3.05) is 34.0 Å². The number of benzene rings is 2. The van der Waals surface area contributed by atoms with Gasteiger partial charge in [0, 0.05) is 5.70 Å². The standard InChI is InChI=1S/C27H30BrClN4O9/c1-5-40-20-10-16(24-23(26(36)39-4)14(2)31-27(37)32-24)6-7-19(20)41-12-21(34)33-30-11-15-8-17(28)25(18(29)9-15)42-13-22(35)38-3/h6-11,21,24,33-34H,5,12-13H2,1-4H3,(H2,31,32,37)/b30-11-/t21-,24-/m0/s1. The van der Waals surface area contributed by atoms with Crippen molar-refractivity contribution in [3.05, 3.63) is 62.2 Å². The maximum absolute atomic E-state index is 12.4. The second kappa shape index (κ2) is 15.3. The molecule has 0 aliphatic carbocycles. The molecule has 13 nitrogen and oxygen atoms in total. The Morgan fingerprint density at radius 1 is 1.17 bits per heavy atom. The van der Waals surface area contributed by atoms with Crippen LogP contribution in [0.25, 0.3) is 0 Å². The van der Waals surface area contributed by atoms with Crippen molar-refractivity contribution in [1.82, 2.24) is 16.1 Å². The molecule has 4 N–H and O–H groups in total. The zero-order chi connectivity index (χ0) is 30.8. The van der Waals surface area contributed by atoms with Gasteiger partial charge in [0.15, 0.2) is 30.1 Å². The normalized spacial score (nSPS) is 15.4. The van der Waals surface area contributed by atoms with E-state index in [0.717, 1.165) is 0 Å². The third-order valence-electron chi connectivity index (χ3n) is 5.69. The molecular formula is C27H30BrClN4O9. The summed E-state index contributed by atoms with van der Waals surface area (Å²) in [4.78, 5) is 35.8. The van der Waals surface area contributed by atoms with Gasteiger partial charge in [0.2, 0.25) is 0 Å². The molecular weight excluding hydrogens is 640 g/mol. The van der Waals surface area contributed by atoms with E-state index in [2.05, 4.69) is 41.8 Å². The number of carbonyl (C=O) groups excluding carboxylic acids is 3. The summed E-state index contributed by atoms with van der Waals surface area (Å²) in [5, 5.41) is 19.9. The molecule has 0 fully saturated rings. The number of nitrogens with one attached hydrogen (secondary N) is 3. The summed E-state index contributed by atoms with van der Waals surface area (Å²) < 4.78 is 26.8. The first-order chi connectivity index (χ1) is 20.1. The Kier molecular flexibility index (Phi) is 11.8. The molecule has 3 rings (SSSR count). The van der Waals surface area contributed by atoms with Gasteiger partial charge in [-0.2, -0.15) is 5.10 Å². The van der Waals surface area contributed by atoms with E-state index >= 15 is 0 Å². The summed E-state index contributed by atoms with van der Waals surface area (Å²) in [6.07, 6.45) is 0.226. The van der Waals surface area contributed by atoms with Gasteiger partial charge in [-0.3, -0.25) is 5.43 Å². The van der Waals surface area contributed by atoms with Crippen LogP contribution in [0.4, 0.5) is 4.79 Å². The summed E-state index contributed by atoms with van der Waals surface area (Å²) >= 11 is 9.58. The van der Waals surface area contributed by atoms with Gasteiger partial charge in [0.1, 0.15) is 6.61 Å². The van der Waals surface area contributed by atoms with Crippen molar-refractivity contribution >= 4 is 51.7 Å². The van der Waals surface area contributed by atoms with Gasteiger partial charge >= 0.3 is 18.0 Å². The van der Waals surface area contributed by atoms with E-state index in [1.807, 2.05) is 0 Å². The van der Waals surface area contributed by atoms with E-state index in [1.54, 1.807) is 44.2 Å². The highest BCUT2D eigenvalue weighted by Gasteiger charge is 2.32. The number of carbonyl (C=O) groups is 3. The second-order valence-corrected chi connectivity index (χ2v) is 9.86. The molecule has 1 aliphatic heterocycles. The van der Waals surface area contributed by atoms with E-state index < -0.39 is 30.2 Å². The molecule has 0 saturated heterocycles. The van der Waals surface area contributed by atoms with Crippen LogP contribution in [0.1, 0.15) is 31.0 Å². The van der Waals surface area contributed by atoms with Crippen molar-refractivity contribution in [2.45, 2.75) is 26.1 Å². The molecule has 1 heterocycles. The zero-order valence-electron chi connectivity index (χ0n) is 23.2. The highest BCUT2D eigenvalue weighted by atomic mass is 79.9. The molecule has 0 saturated carbocycles. The number of allylic oxidation sites excluding steroid dienone is 1. The van der Waals surface area contributed by atoms with Crippen LogP contribution in [0.2, 0.25) is 5.02 Å². The minimum Gasteiger partial charge on any atom is -0.490 e. The van der Waals surface area contributed by atoms with Crippen LogP contribution in [0, 0.1) is 0 Å². The van der Waals surface area contributed by atoms with Crippen LogP contribution in [-0.4, -0.2) is 69.6 Å². The molecule has 2 aromatic rings. The molecule has 2 atom stereocenters. The zero-order valence-corrected chi connectivity index (χ0v) is 25.5. The molecule has 15 heteroatoms. The first kappa shape index (κ1) is 32.5. The van der Waals surface area contributed by atoms with E-state index in [4.69, 9.17) is 30.5 Å². The molecule has 1 aliphatic rings. The lowest BCUT2D eigenvalue weighted by Crippen LogP contribution is -2.45. The summed E-state index contributed by atoms with van der Waals surface area (Å²) in [5.41, 5.74) is 4.32. The predicted molar refractivity (Wildman–Crippen MR) is 156 cm³/mol. The van der Waals surface area contributed by atoms with Crippen LogP contribution < -0.4 is 30.3 Å². The summed E-state index contributed by atoms with van der Waals surface area (Å²) in [5.74, 6) is -0.204. The van der Waals surface area contributed by atoms with Gasteiger partial charge in [-0.05, 0) is 65.2 Å². The molecule has 0 spiro atoms. The third kappa shape index (κ3) is 8.50. The molecule has 0 bridgehead atoms. The molecule has 2 aromatic carbocycles. The Labute approximate surface area is 255 Å². The fourth-order valence-corrected chi connectivity index (χ4v) is 4.79. The fraction of sp³-hybridized carbons (Fsp3) is 0.333. The van der Waals surface area contributed by atoms with Crippen molar-refractivity contribution < 1.29 is 43.2 Å². The minimum absolute atomic E-state index is 0.196. The SMILES string of the molecule is CCOc1cc([C@@H]2NC(=O)NC(C)=C2C(=O)OC)ccc1OC[C@H](O)N/N=C\c1cc(Cl)c(OCC(=O)OC)c(Br)c1. The van der Waals surface area contributed by atoms with Crippen LogP contribution in [0.3, 0.4) is 0 Å². The molecule has 0 radical (unpaired) electrons. The van der Waals surface area contributed by atoms with Crippen molar-refractivity contribution in [1.29, 1.82) is 0 Å². The van der Waals surface area contributed by atoms with Crippen molar-refractivity contribution in [3.63, 3.8) is 0 Å². The average Bonchev–Trinajstić information content (AvgIpc) is 2.95. The van der Waals surface area contributed by atoms with Gasteiger partial charge in [0.05, 0.1) is 48.2 Å². The summed E-state index contributed by atoms with van der Waals surface area (Å²) in [6, 6.07) is 6.91. The Hall–Kier alpha value is -4.01. The van der Waals surface area contributed by atoms with Gasteiger partial charge in [-0.25, -0.2) is 14.4 Å². The van der Waals surface area contributed by atoms with Gasteiger partial charge < -0.3 is 39.4 Å². The Balaban J connectivity index is 1.65. The van der Waals surface area contributed by atoms with Crippen LogP contribution in [-0.2, 0) is 19.1 Å². The number of ether oxygens (including phenoxy) is 5. The lowest BCUT2D eigenvalue weighted by atomic mass is 9.95. The number of hydrazone groups is 1. The summed E-state index contributed by atoms with van der Waals surface area (Å²) in [6.45, 7) is 3.22.